The molecule has 15 heavy (non-hydrogen) atoms. The van der Waals surface area contributed by atoms with E-state index < -0.39 is 12.3 Å². The lowest BCUT2D eigenvalue weighted by molar-refractivity contribution is -0.145. The molecule has 1 amide bonds. The van der Waals surface area contributed by atoms with Crippen LogP contribution in [0.25, 0.3) is 0 Å². The average Bonchev–Trinajstić information content (AvgIpc) is 2.67. The molecule has 1 aliphatic carbocycles. The highest BCUT2D eigenvalue weighted by atomic mass is 19.3. The van der Waals surface area contributed by atoms with Crippen LogP contribution in [0, 0.1) is 5.41 Å². The fourth-order valence-corrected chi connectivity index (χ4v) is 2.96. The zero-order valence-electron chi connectivity index (χ0n) is 8.85. The van der Waals surface area contributed by atoms with Gasteiger partial charge in [0.05, 0.1) is 0 Å². The SMILES string of the molecule is O=C(C(F)F)N1CCC2(CCCC2)CC1. The highest BCUT2D eigenvalue weighted by Crippen LogP contribution is 2.46. The minimum Gasteiger partial charge on any atom is -0.338 e. The fourth-order valence-electron chi connectivity index (χ4n) is 2.96. The smallest absolute Gasteiger partial charge is 0.315 e. The van der Waals surface area contributed by atoms with Gasteiger partial charge in [-0.3, -0.25) is 4.79 Å². The molecule has 0 atom stereocenters. The van der Waals surface area contributed by atoms with E-state index in [1.165, 1.54) is 30.6 Å². The first-order chi connectivity index (χ1) is 7.13. The second kappa shape index (κ2) is 4.06. The quantitative estimate of drug-likeness (QED) is 0.660. The Bertz CT molecular complexity index is 239. The molecule has 0 aromatic rings. The van der Waals surface area contributed by atoms with Crippen molar-refractivity contribution in [3.05, 3.63) is 0 Å². The van der Waals surface area contributed by atoms with Crippen LogP contribution in [0.1, 0.15) is 38.5 Å². The van der Waals surface area contributed by atoms with E-state index >= 15 is 0 Å². The van der Waals surface area contributed by atoms with E-state index in [1.54, 1.807) is 0 Å². The van der Waals surface area contributed by atoms with Crippen LogP contribution in [0.2, 0.25) is 0 Å². The molecule has 2 rings (SSSR count). The van der Waals surface area contributed by atoms with Crippen molar-refractivity contribution in [2.45, 2.75) is 45.0 Å². The Morgan fingerprint density at radius 3 is 2.07 bits per heavy atom. The topological polar surface area (TPSA) is 20.3 Å². The molecule has 0 N–H and O–H groups in total. The maximum absolute atomic E-state index is 12.2. The zero-order valence-corrected chi connectivity index (χ0v) is 8.85. The third kappa shape index (κ3) is 2.13. The highest BCUT2D eigenvalue weighted by molar-refractivity contribution is 5.79. The third-order valence-corrected chi connectivity index (χ3v) is 3.99. The molecule has 86 valence electrons. The Balaban J connectivity index is 1.89. The van der Waals surface area contributed by atoms with Gasteiger partial charge in [0.15, 0.2) is 0 Å². The molecule has 0 radical (unpaired) electrons. The Morgan fingerprint density at radius 2 is 1.60 bits per heavy atom. The van der Waals surface area contributed by atoms with Gasteiger partial charge < -0.3 is 4.90 Å². The van der Waals surface area contributed by atoms with E-state index in [-0.39, 0.29) is 0 Å². The Hall–Kier alpha value is -0.670. The van der Waals surface area contributed by atoms with Crippen LogP contribution >= 0.6 is 0 Å². The first-order valence-corrected chi connectivity index (χ1v) is 5.70. The number of hydrogen-bond donors (Lipinski definition) is 0. The number of piperidine rings is 1. The number of likely N-dealkylation sites (tertiary alicyclic amines) is 1. The maximum atomic E-state index is 12.2. The van der Waals surface area contributed by atoms with Gasteiger partial charge in [-0.05, 0) is 31.1 Å². The molecule has 2 nitrogen and oxygen atoms in total. The second-order valence-corrected chi connectivity index (χ2v) is 4.83. The van der Waals surface area contributed by atoms with Crippen LogP contribution in [-0.2, 0) is 4.79 Å². The van der Waals surface area contributed by atoms with Gasteiger partial charge in [0, 0.05) is 13.1 Å². The molecule has 1 aliphatic heterocycles. The van der Waals surface area contributed by atoms with Crippen LogP contribution < -0.4 is 0 Å². The monoisotopic (exact) mass is 217 g/mol. The van der Waals surface area contributed by atoms with Gasteiger partial charge in [-0.2, -0.15) is 8.78 Å². The maximum Gasteiger partial charge on any atom is 0.315 e. The second-order valence-electron chi connectivity index (χ2n) is 4.83. The molecule has 0 unspecified atom stereocenters. The molecule has 4 heteroatoms. The summed E-state index contributed by atoms with van der Waals surface area (Å²) in [5.41, 5.74) is 0.388. The molecular formula is C11H17F2NO. The molecule has 1 heterocycles. The van der Waals surface area contributed by atoms with Crippen molar-refractivity contribution in [1.82, 2.24) is 4.90 Å². The van der Waals surface area contributed by atoms with Crippen molar-refractivity contribution in [2.24, 2.45) is 5.41 Å². The summed E-state index contributed by atoms with van der Waals surface area (Å²) in [6.45, 7) is 1.06. The van der Waals surface area contributed by atoms with Crippen molar-refractivity contribution in [3.8, 4) is 0 Å². The number of nitrogens with zero attached hydrogens (tertiary/aromatic N) is 1. The van der Waals surface area contributed by atoms with E-state index in [2.05, 4.69) is 0 Å². The van der Waals surface area contributed by atoms with Gasteiger partial charge in [-0.25, -0.2) is 0 Å². The van der Waals surface area contributed by atoms with Gasteiger partial charge in [-0.1, -0.05) is 12.8 Å². The summed E-state index contributed by atoms with van der Waals surface area (Å²) in [6.07, 6.45) is 4.00. The predicted octanol–water partition coefficient (Wildman–Crippen LogP) is 2.43. The summed E-state index contributed by atoms with van der Waals surface area (Å²) >= 11 is 0. The van der Waals surface area contributed by atoms with Crippen molar-refractivity contribution >= 4 is 5.91 Å². The number of hydrogen-bond acceptors (Lipinski definition) is 1. The molecule has 2 fully saturated rings. The number of rotatable bonds is 1. The predicted molar refractivity (Wildman–Crippen MR) is 52.7 cm³/mol. The summed E-state index contributed by atoms with van der Waals surface area (Å²) in [6, 6.07) is 0. The van der Waals surface area contributed by atoms with E-state index in [0.717, 1.165) is 12.8 Å². The van der Waals surface area contributed by atoms with E-state index in [9.17, 15) is 13.6 Å². The first kappa shape index (κ1) is 10.8. The number of carbonyl (C=O) groups is 1. The summed E-state index contributed by atoms with van der Waals surface area (Å²) < 4.78 is 24.4. The van der Waals surface area contributed by atoms with Crippen molar-refractivity contribution in [3.63, 3.8) is 0 Å². The Kier molecular flexibility index (Phi) is 2.94. The standard InChI is InChI=1S/C11H17F2NO/c12-9(13)10(15)14-7-5-11(6-8-14)3-1-2-4-11/h9H,1-8H2. The Morgan fingerprint density at radius 1 is 1.07 bits per heavy atom. The van der Waals surface area contributed by atoms with Gasteiger partial charge in [0.1, 0.15) is 0 Å². The average molecular weight is 217 g/mol. The van der Waals surface area contributed by atoms with Gasteiger partial charge in [-0.15, -0.1) is 0 Å². The number of halogens is 2. The molecular weight excluding hydrogens is 200 g/mol. The van der Waals surface area contributed by atoms with Gasteiger partial charge in [0.25, 0.3) is 5.91 Å². The molecule has 1 saturated carbocycles. The number of alkyl halides is 2. The molecule has 1 saturated heterocycles. The largest absolute Gasteiger partial charge is 0.338 e. The van der Waals surface area contributed by atoms with Crippen molar-refractivity contribution < 1.29 is 13.6 Å². The summed E-state index contributed by atoms with van der Waals surface area (Å²) in [7, 11) is 0. The zero-order chi connectivity index (χ0) is 10.9. The minimum atomic E-state index is -2.83. The number of amides is 1. The van der Waals surface area contributed by atoms with Gasteiger partial charge in [0.2, 0.25) is 0 Å². The molecule has 0 aromatic carbocycles. The van der Waals surface area contributed by atoms with Crippen molar-refractivity contribution in [2.75, 3.05) is 13.1 Å². The van der Waals surface area contributed by atoms with E-state index in [0.29, 0.717) is 18.5 Å². The lowest BCUT2D eigenvalue weighted by Crippen LogP contribution is -2.44. The highest BCUT2D eigenvalue weighted by Gasteiger charge is 2.39. The van der Waals surface area contributed by atoms with E-state index in [4.69, 9.17) is 0 Å². The lowest BCUT2D eigenvalue weighted by Gasteiger charge is -2.39. The molecule has 0 bridgehead atoms. The fraction of sp³-hybridized carbons (Fsp3) is 0.909. The number of carbonyl (C=O) groups excluding carboxylic acids is 1. The molecule has 0 aromatic heterocycles. The van der Waals surface area contributed by atoms with Gasteiger partial charge >= 0.3 is 6.43 Å². The third-order valence-electron chi connectivity index (χ3n) is 3.99. The lowest BCUT2D eigenvalue weighted by atomic mass is 9.77. The van der Waals surface area contributed by atoms with Crippen LogP contribution in [0.4, 0.5) is 8.78 Å². The minimum absolute atomic E-state index is 0.388. The van der Waals surface area contributed by atoms with Crippen LogP contribution in [0.5, 0.6) is 0 Å². The Labute approximate surface area is 88.6 Å². The first-order valence-electron chi connectivity index (χ1n) is 5.70. The summed E-state index contributed by atoms with van der Waals surface area (Å²) in [5.74, 6) is -0.983. The molecule has 1 spiro atoms. The summed E-state index contributed by atoms with van der Waals surface area (Å²) in [4.78, 5) is 12.4. The normalized spacial score (nSPS) is 25.1. The van der Waals surface area contributed by atoms with Crippen molar-refractivity contribution in [1.29, 1.82) is 0 Å². The van der Waals surface area contributed by atoms with Crippen LogP contribution in [-0.4, -0.2) is 30.3 Å². The molecule has 2 aliphatic rings. The van der Waals surface area contributed by atoms with Crippen LogP contribution in [0.3, 0.4) is 0 Å². The van der Waals surface area contributed by atoms with E-state index in [1.807, 2.05) is 0 Å². The summed E-state index contributed by atoms with van der Waals surface area (Å²) in [5, 5.41) is 0. The van der Waals surface area contributed by atoms with Crippen LogP contribution in [0.15, 0.2) is 0 Å².